The number of fused-ring (bicyclic) bond motifs is 2. The van der Waals surface area contributed by atoms with Gasteiger partial charge in [-0.1, -0.05) is 18.2 Å². The lowest BCUT2D eigenvalue weighted by Crippen LogP contribution is -2.60. The van der Waals surface area contributed by atoms with Gasteiger partial charge in [0.15, 0.2) is 0 Å². The number of imide groups is 1. The van der Waals surface area contributed by atoms with Crippen LogP contribution in [0.2, 0.25) is 0 Å². The standard InChI is InChI=1S/C45H51F3N8O5S/c1-43(2,61)29-20-32-35(21-31(29)50-39(58)30-7-5-9-36(49-30)45(46,47)48)62-41(51-32)27-12-10-26(11-13-27)22-54-18-16-44(17-19-54)24-55(25-44)23-28-6-4-8-33-38(28)53(3)42(60)56(33)34-14-15-37(57)52-40(34)59/h4-9,20-21,26-27,34,61H,10-19,22-25H2,1-3H3,(H,50,58)(H,52,57,59)/t26-,27-,34?. The van der Waals surface area contributed by atoms with Crippen molar-refractivity contribution in [3.8, 4) is 0 Å². The van der Waals surface area contributed by atoms with Gasteiger partial charge in [-0.2, -0.15) is 13.2 Å². The molecule has 1 aliphatic carbocycles. The highest BCUT2D eigenvalue weighted by molar-refractivity contribution is 7.18. The van der Waals surface area contributed by atoms with E-state index in [1.807, 2.05) is 12.1 Å². The summed E-state index contributed by atoms with van der Waals surface area (Å²) < 4.78 is 43.8. The van der Waals surface area contributed by atoms with Crippen LogP contribution in [0.1, 0.15) is 109 Å². The van der Waals surface area contributed by atoms with Crippen molar-refractivity contribution in [2.45, 2.75) is 95.5 Å². The number of nitrogens with zero attached hydrogens (tertiary/aromatic N) is 6. The second kappa shape index (κ2) is 16.0. The summed E-state index contributed by atoms with van der Waals surface area (Å²) >= 11 is 1.56. The highest BCUT2D eigenvalue weighted by atomic mass is 32.1. The molecule has 328 valence electrons. The fourth-order valence-corrected chi connectivity index (χ4v) is 11.5. The van der Waals surface area contributed by atoms with Crippen LogP contribution in [0.4, 0.5) is 18.9 Å². The fraction of sp³-hybridized carbons (Fsp3) is 0.511. The molecule has 3 aromatic heterocycles. The number of thiazole rings is 1. The Bertz CT molecular complexity index is 2620. The monoisotopic (exact) mass is 872 g/mol. The molecule has 3 aliphatic heterocycles. The molecule has 62 heavy (non-hydrogen) atoms. The second-order valence-corrected chi connectivity index (χ2v) is 19.5. The molecule has 1 saturated carbocycles. The minimum atomic E-state index is -4.69. The quantitative estimate of drug-likeness (QED) is 0.138. The number of rotatable bonds is 9. The van der Waals surface area contributed by atoms with Crippen LogP contribution in [-0.4, -0.2) is 84.5 Å². The van der Waals surface area contributed by atoms with Gasteiger partial charge in [0.2, 0.25) is 11.8 Å². The van der Waals surface area contributed by atoms with Crippen molar-refractivity contribution in [3.63, 3.8) is 0 Å². The molecule has 2 aromatic carbocycles. The van der Waals surface area contributed by atoms with Gasteiger partial charge in [0.1, 0.15) is 17.4 Å². The first-order valence-corrected chi connectivity index (χ1v) is 22.3. The van der Waals surface area contributed by atoms with Crippen LogP contribution < -0.4 is 16.3 Å². The average molecular weight is 873 g/mol. The number of imidazole rings is 1. The number of anilines is 1. The van der Waals surface area contributed by atoms with E-state index in [1.165, 1.54) is 6.07 Å². The molecule has 1 spiro atoms. The first-order chi connectivity index (χ1) is 29.4. The molecule has 13 nitrogen and oxygen atoms in total. The second-order valence-electron chi connectivity index (χ2n) is 18.5. The van der Waals surface area contributed by atoms with E-state index < -0.39 is 35.3 Å². The minimum Gasteiger partial charge on any atom is -0.386 e. The summed E-state index contributed by atoms with van der Waals surface area (Å²) in [5.41, 5.74) is 1.21. The molecule has 5 aromatic rings. The summed E-state index contributed by atoms with van der Waals surface area (Å²) in [6.07, 6.45) is 2.40. The van der Waals surface area contributed by atoms with E-state index in [-0.39, 0.29) is 23.7 Å². The lowest BCUT2D eigenvalue weighted by Gasteiger charge is -2.54. The molecule has 1 atom stereocenters. The minimum absolute atomic E-state index is 0.208. The van der Waals surface area contributed by atoms with Crippen molar-refractivity contribution >= 4 is 56.0 Å². The zero-order valence-corrected chi connectivity index (χ0v) is 35.9. The molecular weight excluding hydrogens is 822 g/mol. The maximum absolute atomic E-state index is 13.4. The predicted octanol–water partition coefficient (Wildman–Crippen LogP) is 6.69. The van der Waals surface area contributed by atoms with E-state index in [0.29, 0.717) is 40.4 Å². The van der Waals surface area contributed by atoms with Gasteiger partial charge >= 0.3 is 11.9 Å². The highest BCUT2D eigenvalue weighted by Gasteiger charge is 2.45. The van der Waals surface area contributed by atoms with Gasteiger partial charge in [-0.25, -0.2) is 14.8 Å². The number of benzene rings is 2. The number of pyridine rings is 1. The van der Waals surface area contributed by atoms with Gasteiger partial charge in [-0.3, -0.25) is 33.7 Å². The number of halogens is 3. The van der Waals surface area contributed by atoms with E-state index in [2.05, 4.69) is 31.5 Å². The Morgan fingerprint density at radius 3 is 2.39 bits per heavy atom. The summed E-state index contributed by atoms with van der Waals surface area (Å²) in [4.78, 5) is 64.6. The molecule has 3 N–H and O–H groups in total. The summed E-state index contributed by atoms with van der Waals surface area (Å²) in [7, 11) is 1.75. The maximum atomic E-state index is 13.4. The predicted molar refractivity (Wildman–Crippen MR) is 229 cm³/mol. The number of amides is 3. The fourth-order valence-electron chi connectivity index (χ4n) is 10.3. The van der Waals surface area contributed by atoms with E-state index >= 15 is 0 Å². The van der Waals surface area contributed by atoms with E-state index in [4.69, 9.17) is 4.98 Å². The van der Waals surface area contributed by atoms with Crippen LogP contribution in [0.3, 0.4) is 0 Å². The third-order valence-corrected chi connectivity index (χ3v) is 14.8. The summed E-state index contributed by atoms with van der Waals surface area (Å²) in [5, 5.41) is 17.1. The number of aromatic nitrogens is 4. The number of aryl methyl sites for hydroxylation is 1. The lowest BCUT2D eigenvalue weighted by atomic mass is 9.71. The molecule has 4 aliphatic rings. The van der Waals surface area contributed by atoms with Gasteiger partial charge in [0.25, 0.3) is 5.91 Å². The van der Waals surface area contributed by atoms with Crippen LogP contribution >= 0.6 is 11.3 Å². The maximum Gasteiger partial charge on any atom is 0.433 e. The number of hydrogen-bond acceptors (Lipinski definition) is 10. The number of alkyl halides is 3. The number of likely N-dealkylation sites (tertiary alicyclic amines) is 2. The Morgan fingerprint density at radius 2 is 1.69 bits per heavy atom. The van der Waals surface area contributed by atoms with Gasteiger partial charge in [0, 0.05) is 56.8 Å². The molecule has 9 rings (SSSR count). The largest absolute Gasteiger partial charge is 0.433 e. The smallest absolute Gasteiger partial charge is 0.386 e. The average Bonchev–Trinajstić information content (AvgIpc) is 3.75. The number of aliphatic hydroxyl groups is 1. The lowest BCUT2D eigenvalue weighted by molar-refractivity contribution is -0.141. The third-order valence-electron chi connectivity index (χ3n) is 13.6. The molecule has 17 heteroatoms. The molecule has 0 bridgehead atoms. The van der Waals surface area contributed by atoms with Gasteiger partial charge in [-0.15, -0.1) is 11.3 Å². The molecule has 3 saturated heterocycles. The molecule has 6 heterocycles. The first kappa shape index (κ1) is 42.3. The Kier molecular flexibility index (Phi) is 10.9. The Morgan fingerprint density at radius 1 is 0.968 bits per heavy atom. The van der Waals surface area contributed by atoms with Crippen molar-refractivity contribution in [1.29, 1.82) is 0 Å². The number of nitrogens with one attached hydrogen (secondary N) is 2. The van der Waals surface area contributed by atoms with Crippen molar-refractivity contribution in [2.75, 3.05) is 38.0 Å². The van der Waals surface area contributed by atoms with E-state index in [0.717, 1.165) is 116 Å². The molecular formula is C45H51F3N8O5S. The first-order valence-electron chi connectivity index (χ1n) is 21.4. The van der Waals surface area contributed by atoms with Crippen LogP contribution in [0.15, 0.2) is 53.3 Å². The number of carbonyl (C=O) groups is 3. The molecule has 3 amide bonds. The summed E-state index contributed by atoms with van der Waals surface area (Å²) in [6, 6.07) is 11.9. The van der Waals surface area contributed by atoms with Crippen molar-refractivity contribution < 1.29 is 32.7 Å². The molecule has 1 unspecified atom stereocenters. The number of hydrogen-bond donors (Lipinski definition) is 3. The van der Waals surface area contributed by atoms with Crippen LogP contribution in [0.25, 0.3) is 21.3 Å². The van der Waals surface area contributed by atoms with Crippen molar-refractivity contribution in [1.82, 2.24) is 34.2 Å². The third kappa shape index (κ3) is 8.19. The van der Waals surface area contributed by atoms with Crippen LogP contribution in [0, 0.1) is 11.3 Å². The van der Waals surface area contributed by atoms with Crippen molar-refractivity contribution in [3.05, 3.63) is 86.5 Å². The van der Waals surface area contributed by atoms with Gasteiger partial charge in [0.05, 0.1) is 31.9 Å². The SMILES string of the molecule is Cn1c(=O)n(C2CCC(=O)NC2=O)c2cccc(CN3CC4(CCN(C[C@H]5CC[C@H](c6nc7cc(C(C)(C)O)c(NC(=O)c8cccc(C(F)(F)F)n8)cc7s6)CC5)CC4)C3)c21. The molecule has 4 fully saturated rings. The highest BCUT2D eigenvalue weighted by Crippen LogP contribution is 2.44. The molecule has 0 radical (unpaired) electrons. The number of para-hydroxylation sites is 1. The number of piperidine rings is 2. The zero-order chi connectivity index (χ0) is 43.7. The van der Waals surface area contributed by atoms with Gasteiger partial charge in [-0.05, 0) is 119 Å². The summed E-state index contributed by atoms with van der Waals surface area (Å²) in [6.45, 7) is 9.19. The summed E-state index contributed by atoms with van der Waals surface area (Å²) in [5.74, 6) is -0.623. The van der Waals surface area contributed by atoms with Crippen molar-refractivity contribution in [2.24, 2.45) is 18.4 Å². The Labute approximate surface area is 360 Å². The Hall–Kier alpha value is -4.97. The normalized spacial score (nSPS) is 22.6. The van der Waals surface area contributed by atoms with E-state index in [1.54, 1.807) is 53.5 Å². The van der Waals surface area contributed by atoms with Crippen LogP contribution in [0.5, 0.6) is 0 Å². The Balaban J connectivity index is 0.778. The van der Waals surface area contributed by atoms with E-state index in [9.17, 15) is 37.5 Å². The van der Waals surface area contributed by atoms with Crippen LogP contribution in [-0.2, 0) is 35.0 Å². The topological polar surface area (TPSA) is 155 Å². The number of carbonyl (C=O) groups excluding carboxylic acids is 3. The zero-order valence-electron chi connectivity index (χ0n) is 35.1. The van der Waals surface area contributed by atoms with Gasteiger partial charge < -0.3 is 15.3 Å².